The normalized spacial score (nSPS) is 20.4. The summed E-state index contributed by atoms with van der Waals surface area (Å²) in [5, 5.41) is 0.579. The lowest BCUT2D eigenvalue weighted by atomic mass is 10.1. The second-order valence-corrected chi connectivity index (χ2v) is 8.08. The first kappa shape index (κ1) is 16.3. The van der Waals surface area contributed by atoms with E-state index in [2.05, 4.69) is 6.92 Å². The highest BCUT2D eigenvalue weighted by Crippen LogP contribution is 2.21. The molecule has 1 aliphatic rings. The van der Waals surface area contributed by atoms with Gasteiger partial charge in [0, 0.05) is 23.2 Å². The fourth-order valence-corrected chi connectivity index (χ4v) is 4.41. The predicted octanol–water partition coefficient (Wildman–Crippen LogP) is 2.77. The first-order chi connectivity index (χ1) is 9.93. The first-order valence-corrected chi connectivity index (χ1v) is 9.40. The molecular weight excluding hydrogens is 310 g/mol. The van der Waals surface area contributed by atoms with E-state index in [1.54, 1.807) is 29.2 Å². The number of rotatable bonds is 5. The molecule has 1 aromatic rings. The number of amides is 1. The van der Waals surface area contributed by atoms with Gasteiger partial charge in [-0.3, -0.25) is 4.79 Å². The topological polar surface area (TPSA) is 54.5 Å². The summed E-state index contributed by atoms with van der Waals surface area (Å²) >= 11 is 5.84. The highest BCUT2D eigenvalue weighted by atomic mass is 35.5. The Kier molecular flexibility index (Phi) is 5.27. The number of carbonyl (C=O) groups is 1. The number of carbonyl (C=O) groups excluding carboxylic acids is 1. The van der Waals surface area contributed by atoms with Gasteiger partial charge in [0.1, 0.15) is 0 Å². The zero-order valence-electron chi connectivity index (χ0n) is 12.1. The van der Waals surface area contributed by atoms with Crippen molar-refractivity contribution < 1.29 is 13.2 Å². The van der Waals surface area contributed by atoms with Gasteiger partial charge in [-0.25, -0.2) is 8.42 Å². The number of halogens is 1. The van der Waals surface area contributed by atoms with Gasteiger partial charge in [-0.05, 0) is 37.1 Å². The molecule has 1 amide bonds. The average Bonchev–Trinajstić information content (AvgIpc) is 2.80. The van der Waals surface area contributed by atoms with Crippen molar-refractivity contribution >= 4 is 27.3 Å². The van der Waals surface area contributed by atoms with E-state index < -0.39 is 9.84 Å². The van der Waals surface area contributed by atoms with Gasteiger partial charge in [-0.15, -0.1) is 0 Å². The van der Waals surface area contributed by atoms with Crippen LogP contribution in [-0.2, 0) is 9.84 Å². The molecular formula is C15H20ClNO3S. The van der Waals surface area contributed by atoms with Gasteiger partial charge in [0.05, 0.1) is 11.5 Å². The molecule has 1 unspecified atom stereocenters. The summed E-state index contributed by atoms with van der Waals surface area (Å²) in [7, 11) is -3.00. The summed E-state index contributed by atoms with van der Waals surface area (Å²) in [5.41, 5.74) is 0.555. The number of nitrogens with zero attached hydrogens (tertiary/aromatic N) is 1. The van der Waals surface area contributed by atoms with Crippen molar-refractivity contribution in [1.82, 2.24) is 4.90 Å². The Morgan fingerprint density at radius 3 is 2.52 bits per heavy atom. The molecule has 0 N–H and O–H groups in total. The van der Waals surface area contributed by atoms with Crippen LogP contribution in [-0.4, -0.2) is 43.3 Å². The molecule has 1 saturated heterocycles. The lowest BCUT2D eigenvalue weighted by molar-refractivity contribution is 0.0694. The Bertz CT molecular complexity index is 598. The van der Waals surface area contributed by atoms with Crippen molar-refractivity contribution in [2.45, 2.75) is 32.2 Å². The summed E-state index contributed by atoms with van der Waals surface area (Å²) in [6, 6.07) is 6.53. The minimum absolute atomic E-state index is 0.0794. The van der Waals surface area contributed by atoms with E-state index in [4.69, 9.17) is 11.6 Å². The van der Waals surface area contributed by atoms with Crippen LogP contribution in [0.3, 0.4) is 0 Å². The van der Waals surface area contributed by atoms with Crippen LogP contribution in [0.2, 0.25) is 5.02 Å². The minimum atomic E-state index is -3.00. The summed E-state index contributed by atoms with van der Waals surface area (Å²) < 4.78 is 23.3. The number of sulfone groups is 1. The zero-order chi connectivity index (χ0) is 15.5. The smallest absolute Gasteiger partial charge is 0.254 e. The quantitative estimate of drug-likeness (QED) is 0.834. The van der Waals surface area contributed by atoms with E-state index in [0.29, 0.717) is 23.6 Å². The third kappa shape index (κ3) is 4.20. The lowest BCUT2D eigenvalue weighted by Gasteiger charge is -2.28. The van der Waals surface area contributed by atoms with E-state index in [1.807, 2.05) is 0 Å². The summed E-state index contributed by atoms with van der Waals surface area (Å²) in [5.74, 6) is 0.145. The molecule has 0 saturated carbocycles. The van der Waals surface area contributed by atoms with Crippen LogP contribution >= 0.6 is 11.6 Å². The van der Waals surface area contributed by atoms with Gasteiger partial charge >= 0.3 is 0 Å². The second-order valence-electron chi connectivity index (χ2n) is 5.42. The molecule has 6 heteroatoms. The van der Waals surface area contributed by atoms with Crippen LogP contribution in [0.4, 0.5) is 0 Å². The molecule has 0 radical (unpaired) electrons. The maximum Gasteiger partial charge on any atom is 0.254 e. The van der Waals surface area contributed by atoms with Crippen LogP contribution in [0.5, 0.6) is 0 Å². The van der Waals surface area contributed by atoms with Crippen LogP contribution in [0.1, 0.15) is 36.5 Å². The van der Waals surface area contributed by atoms with Crippen molar-refractivity contribution in [3.05, 3.63) is 34.9 Å². The zero-order valence-corrected chi connectivity index (χ0v) is 13.7. The lowest BCUT2D eigenvalue weighted by Crippen LogP contribution is -2.41. The van der Waals surface area contributed by atoms with Gasteiger partial charge in [-0.2, -0.15) is 0 Å². The SMILES string of the molecule is CCCCN(C(=O)c1ccc(Cl)cc1)C1CCS(=O)(=O)C1. The fraction of sp³-hybridized carbons (Fsp3) is 0.533. The Hall–Kier alpha value is -1.07. The molecule has 1 heterocycles. The second kappa shape index (κ2) is 6.79. The molecule has 0 aromatic heterocycles. The molecule has 116 valence electrons. The Morgan fingerprint density at radius 2 is 2.00 bits per heavy atom. The Balaban J connectivity index is 2.19. The minimum Gasteiger partial charge on any atom is -0.335 e. The maximum atomic E-state index is 12.6. The number of hydrogen-bond donors (Lipinski definition) is 0. The number of benzene rings is 1. The van der Waals surface area contributed by atoms with Gasteiger partial charge in [0.15, 0.2) is 9.84 Å². The van der Waals surface area contributed by atoms with Crippen LogP contribution in [0, 0.1) is 0 Å². The van der Waals surface area contributed by atoms with Gasteiger partial charge in [0.25, 0.3) is 5.91 Å². The molecule has 1 aromatic carbocycles. The predicted molar refractivity (Wildman–Crippen MR) is 84.5 cm³/mol. The van der Waals surface area contributed by atoms with Gasteiger partial charge in [-0.1, -0.05) is 24.9 Å². The highest BCUT2D eigenvalue weighted by molar-refractivity contribution is 7.91. The summed E-state index contributed by atoms with van der Waals surface area (Å²) in [4.78, 5) is 14.4. The van der Waals surface area contributed by atoms with Crippen LogP contribution in [0.15, 0.2) is 24.3 Å². The first-order valence-electron chi connectivity index (χ1n) is 7.20. The maximum absolute atomic E-state index is 12.6. The molecule has 1 atom stereocenters. The van der Waals surface area contributed by atoms with E-state index in [1.165, 1.54) is 0 Å². The number of hydrogen-bond acceptors (Lipinski definition) is 3. The van der Waals surface area contributed by atoms with Crippen LogP contribution < -0.4 is 0 Å². The standard InChI is InChI=1S/C15H20ClNO3S/c1-2-3-9-17(14-8-10-21(19,20)11-14)15(18)12-4-6-13(16)7-5-12/h4-7,14H,2-3,8-11H2,1H3. The van der Waals surface area contributed by atoms with Crippen molar-refractivity contribution in [2.24, 2.45) is 0 Å². The summed E-state index contributed by atoms with van der Waals surface area (Å²) in [6.07, 6.45) is 2.37. The van der Waals surface area contributed by atoms with E-state index >= 15 is 0 Å². The average molecular weight is 330 g/mol. The van der Waals surface area contributed by atoms with Gasteiger partial charge in [0.2, 0.25) is 0 Å². The Morgan fingerprint density at radius 1 is 1.33 bits per heavy atom. The molecule has 21 heavy (non-hydrogen) atoms. The third-order valence-corrected chi connectivity index (χ3v) is 5.76. The molecule has 1 fully saturated rings. The van der Waals surface area contributed by atoms with Crippen molar-refractivity contribution in [2.75, 3.05) is 18.1 Å². The summed E-state index contributed by atoms with van der Waals surface area (Å²) in [6.45, 7) is 2.65. The molecule has 0 bridgehead atoms. The molecule has 0 aliphatic carbocycles. The van der Waals surface area contributed by atoms with Gasteiger partial charge < -0.3 is 4.90 Å². The molecule has 0 spiro atoms. The van der Waals surface area contributed by atoms with Crippen molar-refractivity contribution in [3.8, 4) is 0 Å². The van der Waals surface area contributed by atoms with E-state index in [-0.39, 0.29) is 23.5 Å². The molecule has 4 nitrogen and oxygen atoms in total. The number of unbranched alkanes of at least 4 members (excludes halogenated alkanes) is 1. The van der Waals surface area contributed by atoms with Crippen molar-refractivity contribution in [3.63, 3.8) is 0 Å². The molecule has 2 rings (SSSR count). The monoisotopic (exact) mass is 329 g/mol. The van der Waals surface area contributed by atoms with E-state index in [0.717, 1.165) is 12.8 Å². The van der Waals surface area contributed by atoms with Crippen LogP contribution in [0.25, 0.3) is 0 Å². The highest BCUT2D eigenvalue weighted by Gasteiger charge is 2.34. The fourth-order valence-electron chi connectivity index (χ4n) is 2.56. The van der Waals surface area contributed by atoms with Crippen molar-refractivity contribution in [1.29, 1.82) is 0 Å². The molecule has 1 aliphatic heterocycles. The largest absolute Gasteiger partial charge is 0.335 e. The Labute approximate surface area is 131 Å². The third-order valence-electron chi connectivity index (χ3n) is 3.75. The van der Waals surface area contributed by atoms with E-state index in [9.17, 15) is 13.2 Å².